The first-order valence-corrected chi connectivity index (χ1v) is 5.94. The first kappa shape index (κ1) is 10.1. The van der Waals surface area contributed by atoms with Crippen LogP contribution in [0.15, 0.2) is 11.4 Å². The Kier molecular flexibility index (Phi) is 2.62. The van der Waals surface area contributed by atoms with Gasteiger partial charge in [-0.1, -0.05) is 0 Å². The van der Waals surface area contributed by atoms with Gasteiger partial charge in [0, 0.05) is 17.3 Å². The first-order valence-electron chi connectivity index (χ1n) is 5.06. The highest BCUT2D eigenvalue weighted by Crippen LogP contribution is 2.41. The van der Waals surface area contributed by atoms with Crippen LogP contribution in [0.5, 0.6) is 0 Å². The van der Waals surface area contributed by atoms with Gasteiger partial charge in [0.25, 0.3) is 0 Å². The molecular formula is C11H16FNS. The van der Waals surface area contributed by atoms with Gasteiger partial charge in [-0.25, -0.2) is 4.39 Å². The van der Waals surface area contributed by atoms with Crippen molar-refractivity contribution in [3.05, 3.63) is 21.9 Å². The second kappa shape index (κ2) is 3.63. The van der Waals surface area contributed by atoms with Gasteiger partial charge in [0.05, 0.1) is 0 Å². The summed E-state index contributed by atoms with van der Waals surface area (Å²) in [4.78, 5) is 0.909. The van der Waals surface area contributed by atoms with Crippen molar-refractivity contribution in [1.82, 2.24) is 5.32 Å². The molecule has 1 fully saturated rings. The molecule has 1 aliphatic heterocycles. The Bertz CT molecular complexity index is 313. The largest absolute Gasteiger partial charge is 0.316 e. The minimum Gasteiger partial charge on any atom is -0.316 e. The summed E-state index contributed by atoms with van der Waals surface area (Å²) in [7, 11) is 0. The van der Waals surface area contributed by atoms with Gasteiger partial charge < -0.3 is 5.32 Å². The summed E-state index contributed by atoms with van der Waals surface area (Å²) in [5, 5.41) is 5.20. The lowest BCUT2D eigenvalue weighted by molar-refractivity contribution is 0.116. The molecule has 1 aliphatic rings. The molecule has 78 valence electrons. The van der Waals surface area contributed by atoms with Gasteiger partial charge in [-0.05, 0) is 43.8 Å². The first-order chi connectivity index (χ1) is 6.62. The molecular weight excluding hydrogens is 197 g/mol. The predicted molar refractivity (Wildman–Crippen MR) is 58.5 cm³/mol. The lowest BCUT2D eigenvalue weighted by atomic mass is 9.87. The average molecular weight is 213 g/mol. The van der Waals surface area contributed by atoms with Crippen molar-refractivity contribution in [3.8, 4) is 0 Å². The van der Waals surface area contributed by atoms with Crippen LogP contribution in [0.3, 0.4) is 0 Å². The van der Waals surface area contributed by atoms with Gasteiger partial charge in [0.15, 0.2) is 0 Å². The minimum atomic E-state index is -1.15. The van der Waals surface area contributed by atoms with Gasteiger partial charge in [0.1, 0.15) is 5.67 Å². The molecule has 0 bridgehead atoms. The van der Waals surface area contributed by atoms with Crippen LogP contribution in [-0.2, 0) is 5.67 Å². The molecule has 1 nitrogen and oxygen atoms in total. The van der Waals surface area contributed by atoms with Crippen molar-refractivity contribution in [2.45, 2.75) is 25.9 Å². The summed E-state index contributed by atoms with van der Waals surface area (Å²) in [5.41, 5.74) is -0.0613. The maximum absolute atomic E-state index is 14.6. The number of alkyl halides is 1. The average Bonchev–Trinajstić information content (AvgIpc) is 2.72. The minimum absolute atomic E-state index is 0.139. The zero-order chi connectivity index (χ0) is 10.2. The van der Waals surface area contributed by atoms with Crippen LogP contribution in [0, 0.1) is 12.8 Å². The molecule has 0 radical (unpaired) electrons. The van der Waals surface area contributed by atoms with E-state index < -0.39 is 5.67 Å². The fraction of sp³-hybridized carbons (Fsp3) is 0.636. The third-order valence-corrected chi connectivity index (χ3v) is 4.36. The normalized spacial score (nSPS) is 26.4. The predicted octanol–water partition coefficient (Wildman–Crippen LogP) is 2.85. The van der Waals surface area contributed by atoms with E-state index in [1.807, 2.05) is 18.4 Å². The molecule has 1 aromatic heterocycles. The molecule has 0 aliphatic carbocycles. The van der Waals surface area contributed by atoms with E-state index in [2.05, 4.69) is 5.32 Å². The number of hydrogen-bond donors (Lipinski definition) is 1. The van der Waals surface area contributed by atoms with E-state index in [-0.39, 0.29) is 5.92 Å². The van der Waals surface area contributed by atoms with E-state index in [0.29, 0.717) is 0 Å². The number of hydrogen-bond acceptors (Lipinski definition) is 2. The molecule has 2 rings (SSSR count). The molecule has 0 aromatic carbocycles. The molecule has 1 N–H and O–H groups in total. The highest BCUT2D eigenvalue weighted by molar-refractivity contribution is 7.10. The molecule has 0 amide bonds. The van der Waals surface area contributed by atoms with Crippen LogP contribution >= 0.6 is 11.3 Å². The van der Waals surface area contributed by atoms with Gasteiger partial charge in [-0.2, -0.15) is 0 Å². The topological polar surface area (TPSA) is 12.0 Å². The van der Waals surface area contributed by atoms with E-state index in [1.165, 1.54) is 0 Å². The Labute approximate surface area is 88.3 Å². The third kappa shape index (κ3) is 1.59. The van der Waals surface area contributed by atoms with Crippen LogP contribution < -0.4 is 5.32 Å². The van der Waals surface area contributed by atoms with Crippen LogP contribution in [0.2, 0.25) is 0 Å². The quantitative estimate of drug-likeness (QED) is 0.796. The molecule has 1 saturated heterocycles. The maximum Gasteiger partial charge on any atom is 0.146 e. The Morgan fingerprint density at radius 1 is 1.64 bits per heavy atom. The number of aryl methyl sites for hydroxylation is 1. The zero-order valence-electron chi connectivity index (χ0n) is 8.64. The fourth-order valence-electron chi connectivity index (χ4n) is 2.18. The van der Waals surface area contributed by atoms with Crippen LogP contribution in [0.4, 0.5) is 4.39 Å². The number of thiophene rings is 1. The second-order valence-corrected chi connectivity index (χ2v) is 5.11. The number of nitrogens with one attached hydrogen (secondary N) is 1. The lowest BCUT2D eigenvalue weighted by Crippen LogP contribution is -2.28. The van der Waals surface area contributed by atoms with Crippen LogP contribution in [0.1, 0.15) is 23.8 Å². The third-order valence-electron chi connectivity index (χ3n) is 3.13. The molecule has 1 aromatic rings. The summed E-state index contributed by atoms with van der Waals surface area (Å²) in [5.74, 6) is 0.139. The highest BCUT2D eigenvalue weighted by atomic mass is 32.1. The van der Waals surface area contributed by atoms with Gasteiger partial charge in [-0.15, -0.1) is 11.3 Å². The van der Waals surface area contributed by atoms with Crippen molar-refractivity contribution >= 4 is 11.3 Å². The smallest absolute Gasteiger partial charge is 0.146 e. The standard InChI is InChI=1S/C11H16FNS/c1-8-4-6-14-10(8)11(2,12)9-3-5-13-7-9/h4,6,9,13H,3,5,7H2,1-2H3. The van der Waals surface area contributed by atoms with Gasteiger partial charge in [-0.3, -0.25) is 0 Å². The summed E-state index contributed by atoms with van der Waals surface area (Å²) in [6.45, 7) is 5.48. The molecule has 2 atom stereocenters. The monoisotopic (exact) mass is 213 g/mol. The maximum atomic E-state index is 14.6. The molecule has 3 heteroatoms. The summed E-state index contributed by atoms with van der Waals surface area (Å²) >= 11 is 1.54. The Hall–Kier alpha value is -0.410. The Balaban J connectivity index is 2.26. The summed E-state index contributed by atoms with van der Waals surface area (Å²) in [6.07, 6.45) is 0.949. The summed E-state index contributed by atoms with van der Waals surface area (Å²) < 4.78 is 14.6. The van der Waals surface area contributed by atoms with Gasteiger partial charge >= 0.3 is 0 Å². The zero-order valence-corrected chi connectivity index (χ0v) is 9.46. The molecule has 0 spiro atoms. The van der Waals surface area contributed by atoms with E-state index in [0.717, 1.165) is 30.0 Å². The number of halogens is 1. The van der Waals surface area contributed by atoms with Crippen molar-refractivity contribution < 1.29 is 4.39 Å². The highest BCUT2D eigenvalue weighted by Gasteiger charge is 2.39. The molecule has 2 heterocycles. The van der Waals surface area contributed by atoms with Crippen LogP contribution in [0.25, 0.3) is 0 Å². The van der Waals surface area contributed by atoms with Crippen LogP contribution in [-0.4, -0.2) is 13.1 Å². The summed E-state index contributed by atoms with van der Waals surface area (Å²) in [6, 6.07) is 2.00. The van der Waals surface area contributed by atoms with Crippen molar-refractivity contribution in [1.29, 1.82) is 0 Å². The Morgan fingerprint density at radius 2 is 2.43 bits per heavy atom. The second-order valence-electron chi connectivity index (χ2n) is 4.20. The van der Waals surface area contributed by atoms with Crippen molar-refractivity contribution in [2.75, 3.05) is 13.1 Å². The van der Waals surface area contributed by atoms with E-state index in [9.17, 15) is 4.39 Å². The van der Waals surface area contributed by atoms with E-state index >= 15 is 0 Å². The molecule has 14 heavy (non-hydrogen) atoms. The van der Waals surface area contributed by atoms with Gasteiger partial charge in [0.2, 0.25) is 0 Å². The van der Waals surface area contributed by atoms with E-state index in [4.69, 9.17) is 0 Å². The van der Waals surface area contributed by atoms with Crippen molar-refractivity contribution in [3.63, 3.8) is 0 Å². The molecule has 0 saturated carbocycles. The Morgan fingerprint density at radius 3 is 2.93 bits per heavy atom. The number of rotatable bonds is 2. The lowest BCUT2D eigenvalue weighted by Gasteiger charge is -2.26. The van der Waals surface area contributed by atoms with Crippen molar-refractivity contribution in [2.24, 2.45) is 5.92 Å². The molecule has 2 unspecified atom stereocenters. The van der Waals surface area contributed by atoms with E-state index in [1.54, 1.807) is 18.3 Å². The SMILES string of the molecule is Cc1ccsc1C(C)(F)C1CCNC1. The fourth-order valence-corrected chi connectivity index (χ4v) is 3.24.